The molecule has 1 aliphatic heterocycles. The van der Waals surface area contributed by atoms with Gasteiger partial charge in [0.1, 0.15) is 6.04 Å². The molecule has 5 nitrogen and oxygen atoms in total. The van der Waals surface area contributed by atoms with Gasteiger partial charge in [-0.05, 0) is 48.6 Å². The van der Waals surface area contributed by atoms with Crippen molar-refractivity contribution in [1.82, 2.24) is 9.88 Å². The first-order valence-electron chi connectivity index (χ1n) is 8.46. The zero-order valence-corrected chi connectivity index (χ0v) is 13.7. The lowest BCUT2D eigenvalue weighted by Gasteiger charge is -2.24. The Kier molecular flexibility index (Phi) is 3.98. The minimum absolute atomic E-state index is 0.0952. The van der Waals surface area contributed by atoms with Gasteiger partial charge in [-0.1, -0.05) is 24.3 Å². The van der Waals surface area contributed by atoms with Crippen molar-refractivity contribution in [2.75, 3.05) is 11.9 Å². The maximum Gasteiger partial charge on any atom is 0.254 e. The third-order valence-electron chi connectivity index (χ3n) is 4.66. The number of hydrogen-bond donors (Lipinski definition) is 2. The standard InChI is InChI=1S/C20H19N3O2/c24-19(22-16-5-2-1-3-6-16)18-7-4-12-23(18)20(25)15-9-8-14-10-11-21-17(14)13-15/h1-3,5-6,8-11,13,18,21H,4,7,12H2,(H,22,24)/t18-/m0/s1. The lowest BCUT2D eigenvalue weighted by molar-refractivity contribution is -0.119. The molecular weight excluding hydrogens is 314 g/mol. The molecule has 4 rings (SSSR count). The maximum atomic E-state index is 12.9. The van der Waals surface area contributed by atoms with Crippen LogP contribution in [-0.2, 0) is 4.79 Å². The fourth-order valence-corrected chi connectivity index (χ4v) is 3.38. The van der Waals surface area contributed by atoms with Gasteiger partial charge in [0.25, 0.3) is 5.91 Å². The number of aromatic nitrogens is 1. The Labute approximate surface area is 145 Å². The molecule has 2 N–H and O–H groups in total. The largest absolute Gasteiger partial charge is 0.361 e. The number of nitrogens with zero attached hydrogens (tertiary/aromatic N) is 1. The van der Waals surface area contributed by atoms with Crippen molar-refractivity contribution in [2.45, 2.75) is 18.9 Å². The highest BCUT2D eigenvalue weighted by Crippen LogP contribution is 2.23. The number of likely N-dealkylation sites (tertiary alicyclic amines) is 1. The minimum atomic E-state index is -0.424. The zero-order chi connectivity index (χ0) is 17.2. The van der Waals surface area contributed by atoms with Gasteiger partial charge in [-0.25, -0.2) is 0 Å². The summed E-state index contributed by atoms with van der Waals surface area (Å²) in [6.45, 7) is 0.606. The molecule has 25 heavy (non-hydrogen) atoms. The molecule has 1 saturated heterocycles. The molecule has 0 spiro atoms. The monoisotopic (exact) mass is 333 g/mol. The quantitative estimate of drug-likeness (QED) is 0.771. The van der Waals surface area contributed by atoms with E-state index in [2.05, 4.69) is 10.3 Å². The Balaban J connectivity index is 1.53. The van der Waals surface area contributed by atoms with E-state index in [4.69, 9.17) is 0 Å². The van der Waals surface area contributed by atoms with Crippen LogP contribution < -0.4 is 5.32 Å². The Morgan fingerprint density at radius 3 is 2.76 bits per heavy atom. The summed E-state index contributed by atoms with van der Waals surface area (Å²) in [6.07, 6.45) is 3.38. The van der Waals surface area contributed by atoms with E-state index in [-0.39, 0.29) is 11.8 Å². The Hall–Kier alpha value is -3.08. The second kappa shape index (κ2) is 6.43. The van der Waals surface area contributed by atoms with Gasteiger partial charge in [-0.15, -0.1) is 0 Å². The molecule has 1 aliphatic rings. The number of H-pyrrole nitrogens is 1. The van der Waals surface area contributed by atoms with Gasteiger partial charge >= 0.3 is 0 Å². The highest BCUT2D eigenvalue weighted by atomic mass is 16.2. The molecule has 2 heterocycles. The number of fused-ring (bicyclic) bond motifs is 1. The van der Waals surface area contributed by atoms with Gasteiger partial charge < -0.3 is 15.2 Å². The summed E-state index contributed by atoms with van der Waals surface area (Å²) < 4.78 is 0. The summed E-state index contributed by atoms with van der Waals surface area (Å²) in [6, 6.07) is 16.5. The van der Waals surface area contributed by atoms with Gasteiger partial charge in [-0.2, -0.15) is 0 Å². The Morgan fingerprint density at radius 1 is 1.08 bits per heavy atom. The van der Waals surface area contributed by atoms with Crippen molar-refractivity contribution >= 4 is 28.4 Å². The molecule has 0 aliphatic carbocycles. The number of benzene rings is 2. The highest BCUT2D eigenvalue weighted by molar-refractivity contribution is 6.03. The number of aromatic amines is 1. The first-order chi connectivity index (χ1) is 12.2. The first kappa shape index (κ1) is 15.4. The van der Waals surface area contributed by atoms with Crippen LogP contribution >= 0.6 is 0 Å². The van der Waals surface area contributed by atoms with Crippen molar-refractivity contribution in [3.63, 3.8) is 0 Å². The van der Waals surface area contributed by atoms with Crippen molar-refractivity contribution in [2.24, 2.45) is 0 Å². The second-order valence-electron chi connectivity index (χ2n) is 6.29. The van der Waals surface area contributed by atoms with E-state index in [9.17, 15) is 9.59 Å². The van der Waals surface area contributed by atoms with Crippen LogP contribution in [0.25, 0.3) is 10.9 Å². The average molecular weight is 333 g/mol. The van der Waals surface area contributed by atoms with Crippen molar-refractivity contribution in [3.8, 4) is 0 Å². The van der Waals surface area contributed by atoms with Crippen LogP contribution in [0, 0.1) is 0 Å². The van der Waals surface area contributed by atoms with E-state index in [1.54, 1.807) is 4.90 Å². The molecule has 3 aromatic rings. The van der Waals surface area contributed by atoms with Crippen LogP contribution in [0.3, 0.4) is 0 Å². The van der Waals surface area contributed by atoms with Gasteiger partial charge in [-0.3, -0.25) is 9.59 Å². The van der Waals surface area contributed by atoms with Crippen molar-refractivity contribution in [3.05, 3.63) is 66.4 Å². The Bertz CT molecular complexity index is 917. The van der Waals surface area contributed by atoms with E-state index < -0.39 is 6.04 Å². The van der Waals surface area contributed by atoms with Crippen LogP contribution in [0.2, 0.25) is 0 Å². The fourth-order valence-electron chi connectivity index (χ4n) is 3.38. The number of para-hydroxylation sites is 1. The summed E-state index contributed by atoms with van der Waals surface area (Å²) in [5.41, 5.74) is 2.28. The first-order valence-corrected chi connectivity index (χ1v) is 8.46. The SMILES string of the molecule is O=C(Nc1ccccc1)[C@@H]1CCCN1C(=O)c1ccc2cc[nH]c2c1. The molecule has 0 bridgehead atoms. The third-order valence-corrected chi connectivity index (χ3v) is 4.66. The van der Waals surface area contributed by atoms with E-state index in [1.165, 1.54) is 0 Å². The van der Waals surface area contributed by atoms with Crippen LogP contribution in [0.1, 0.15) is 23.2 Å². The van der Waals surface area contributed by atoms with Crippen LogP contribution in [0.15, 0.2) is 60.8 Å². The molecule has 0 unspecified atom stereocenters. The summed E-state index contributed by atoms with van der Waals surface area (Å²) in [5, 5.41) is 3.97. The second-order valence-corrected chi connectivity index (χ2v) is 6.29. The van der Waals surface area contributed by atoms with Crippen molar-refractivity contribution in [1.29, 1.82) is 0 Å². The Morgan fingerprint density at radius 2 is 1.92 bits per heavy atom. The van der Waals surface area contributed by atoms with Gasteiger partial charge in [0.2, 0.25) is 5.91 Å². The molecule has 1 aromatic heterocycles. The number of nitrogens with one attached hydrogen (secondary N) is 2. The predicted molar refractivity (Wildman–Crippen MR) is 97.4 cm³/mol. The predicted octanol–water partition coefficient (Wildman–Crippen LogP) is 3.41. The normalized spacial score (nSPS) is 17.0. The van der Waals surface area contributed by atoms with E-state index in [1.807, 2.05) is 60.8 Å². The molecular formula is C20H19N3O2. The van der Waals surface area contributed by atoms with Gasteiger partial charge in [0, 0.05) is 29.5 Å². The van der Waals surface area contributed by atoms with Crippen LogP contribution in [0.4, 0.5) is 5.69 Å². The van der Waals surface area contributed by atoms with Gasteiger partial charge in [0.15, 0.2) is 0 Å². The molecule has 2 amide bonds. The maximum absolute atomic E-state index is 12.9. The lowest BCUT2D eigenvalue weighted by atomic mass is 10.1. The molecule has 1 fully saturated rings. The smallest absolute Gasteiger partial charge is 0.254 e. The number of anilines is 1. The fraction of sp³-hybridized carbons (Fsp3) is 0.200. The molecule has 5 heteroatoms. The molecule has 0 radical (unpaired) electrons. The minimum Gasteiger partial charge on any atom is -0.361 e. The van der Waals surface area contributed by atoms with Gasteiger partial charge in [0.05, 0.1) is 0 Å². The highest BCUT2D eigenvalue weighted by Gasteiger charge is 2.34. The topological polar surface area (TPSA) is 65.2 Å². The molecule has 126 valence electrons. The number of carbonyl (C=O) groups excluding carboxylic acids is 2. The zero-order valence-electron chi connectivity index (χ0n) is 13.7. The number of rotatable bonds is 3. The van der Waals surface area contributed by atoms with E-state index >= 15 is 0 Å². The third kappa shape index (κ3) is 3.01. The summed E-state index contributed by atoms with van der Waals surface area (Å²) in [5.74, 6) is -0.222. The molecule has 1 atom stereocenters. The number of carbonyl (C=O) groups is 2. The number of amides is 2. The summed E-state index contributed by atoms with van der Waals surface area (Å²) in [7, 11) is 0. The lowest BCUT2D eigenvalue weighted by Crippen LogP contribution is -2.43. The summed E-state index contributed by atoms with van der Waals surface area (Å²) >= 11 is 0. The average Bonchev–Trinajstić information content (AvgIpc) is 3.30. The van der Waals surface area contributed by atoms with Crippen molar-refractivity contribution < 1.29 is 9.59 Å². The van der Waals surface area contributed by atoms with Crippen LogP contribution in [0.5, 0.6) is 0 Å². The number of hydrogen-bond acceptors (Lipinski definition) is 2. The van der Waals surface area contributed by atoms with E-state index in [0.717, 1.165) is 23.0 Å². The summed E-state index contributed by atoms with van der Waals surface area (Å²) in [4.78, 5) is 30.3. The molecule has 0 saturated carbocycles. The molecule has 2 aromatic carbocycles. The van der Waals surface area contributed by atoms with Crippen LogP contribution in [-0.4, -0.2) is 34.3 Å². The van der Waals surface area contributed by atoms with E-state index in [0.29, 0.717) is 18.5 Å².